The van der Waals surface area contributed by atoms with Gasteiger partial charge in [-0.2, -0.15) is 8.42 Å². The third-order valence-electron chi connectivity index (χ3n) is 5.12. The molecule has 34 heavy (non-hydrogen) atoms. The summed E-state index contributed by atoms with van der Waals surface area (Å²) in [6.45, 7) is 5.93. The first-order valence-electron chi connectivity index (χ1n) is 11.2. The highest BCUT2D eigenvalue weighted by Gasteiger charge is 2.31. The molecule has 1 aromatic heterocycles. The molecule has 0 bridgehead atoms. The lowest BCUT2D eigenvalue weighted by Gasteiger charge is -2.11. The molecular weight excluding hydrogens is 496 g/mol. The Kier molecular flexibility index (Phi) is 8.89. The Morgan fingerprint density at radius 1 is 1.24 bits per heavy atom. The Bertz CT molecular complexity index is 1290. The Morgan fingerprint density at radius 2 is 2.00 bits per heavy atom. The highest BCUT2D eigenvalue weighted by molar-refractivity contribution is 7.99. The average Bonchev–Trinajstić information content (AvgIpc) is 3.15. The predicted molar refractivity (Wildman–Crippen MR) is 137 cm³/mol. The van der Waals surface area contributed by atoms with Crippen LogP contribution in [0.25, 0.3) is 11.0 Å². The molecule has 0 atom stereocenters. The van der Waals surface area contributed by atoms with Crippen LogP contribution >= 0.6 is 23.4 Å². The van der Waals surface area contributed by atoms with Crippen molar-refractivity contribution in [3.05, 3.63) is 46.6 Å². The molecule has 3 aromatic rings. The van der Waals surface area contributed by atoms with Gasteiger partial charge in [-0.25, -0.2) is 4.52 Å². The third-order valence-corrected chi connectivity index (χ3v) is 7.60. The number of nitrogens with zero attached hydrogens (tertiary/aromatic N) is 1. The lowest BCUT2D eigenvalue weighted by molar-refractivity contribution is -0.716. The first-order valence-corrected chi connectivity index (χ1v) is 14.4. The molecule has 3 rings (SSSR count). The number of fused-ring (bicyclic) bond motifs is 1. The second-order valence-electron chi connectivity index (χ2n) is 7.93. The number of halogens is 1. The minimum absolute atomic E-state index is 0.138. The van der Waals surface area contributed by atoms with Crippen LogP contribution < -0.4 is 14.2 Å². The van der Waals surface area contributed by atoms with Gasteiger partial charge in [0.1, 0.15) is 16.2 Å². The molecule has 0 spiro atoms. The van der Waals surface area contributed by atoms with Crippen LogP contribution in [-0.2, 0) is 27.7 Å². The van der Waals surface area contributed by atoms with E-state index in [1.54, 1.807) is 17.8 Å². The molecule has 10 heteroatoms. The van der Waals surface area contributed by atoms with Crippen LogP contribution in [-0.4, -0.2) is 32.9 Å². The highest BCUT2D eigenvalue weighted by Crippen LogP contribution is 2.32. The van der Waals surface area contributed by atoms with Gasteiger partial charge in [0.25, 0.3) is 5.69 Å². The van der Waals surface area contributed by atoms with E-state index < -0.39 is 10.0 Å². The van der Waals surface area contributed by atoms with Crippen LogP contribution in [0.3, 0.4) is 0 Å². The van der Waals surface area contributed by atoms with E-state index in [0.717, 1.165) is 51.3 Å². The first kappa shape index (κ1) is 26.4. The van der Waals surface area contributed by atoms with Gasteiger partial charge in [0.05, 0.1) is 17.0 Å². The lowest BCUT2D eigenvalue weighted by Crippen LogP contribution is -2.43. The molecule has 2 aromatic carbocycles. The molecule has 0 aliphatic rings. The van der Waals surface area contributed by atoms with Crippen LogP contribution in [0.1, 0.15) is 44.9 Å². The van der Waals surface area contributed by atoms with E-state index in [4.69, 9.17) is 20.9 Å². The maximum atomic E-state index is 12.2. The third kappa shape index (κ3) is 6.25. The lowest BCUT2D eigenvalue weighted by atomic mass is 10.0. The van der Waals surface area contributed by atoms with Crippen LogP contribution in [0.5, 0.6) is 5.75 Å². The van der Waals surface area contributed by atoms with Crippen molar-refractivity contribution in [3.8, 4) is 5.75 Å². The molecule has 1 N–H and O–H groups in total. The number of hydrogen-bond acceptors (Lipinski definition) is 6. The first-order chi connectivity index (χ1) is 16.2. The number of nitrogens with one attached hydrogen (secondary N) is 1. The van der Waals surface area contributed by atoms with E-state index in [1.807, 2.05) is 31.2 Å². The van der Waals surface area contributed by atoms with Crippen LogP contribution in [0.2, 0.25) is 5.02 Å². The Labute approximate surface area is 209 Å². The normalized spacial score (nSPS) is 11.7. The van der Waals surface area contributed by atoms with Crippen molar-refractivity contribution in [1.82, 2.24) is 0 Å². The van der Waals surface area contributed by atoms with Crippen molar-refractivity contribution in [3.63, 3.8) is 0 Å². The summed E-state index contributed by atoms with van der Waals surface area (Å²) < 4.78 is 37.3. The standard InChI is InChI=1S/C24H29ClN2O5S2/c1-5-8-19-22(11-10-18-21(6-2)27(32-24(18)19)34(4,29)30)31-13-7-14-33-23-12-9-17(15-20(23)25)26-16(3)28/h9-12,15H,5-8,13-14H2,1-4H3/p+1. The molecule has 7 nitrogen and oxygen atoms in total. The largest absolute Gasteiger partial charge is 0.493 e. The number of carbonyl (C=O) groups is 1. The average molecular weight is 526 g/mol. The number of hydrogen-bond donors (Lipinski definition) is 1. The van der Waals surface area contributed by atoms with Gasteiger partial charge in [-0.3, -0.25) is 4.79 Å². The number of benzene rings is 2. The van der Waals surface area contributed by atoms with Crippen LogP contribution in [0.15, 0.2) is 39.8 Å². The van der Waals surface area contributed by atoms with Gasteiger partial charge in [-0.05, 0) is 43.2 Å². The maximum Gasteiger partial charge on any atom is 0.405 e. The number of thioether (sulfide) groups is 1. The number of ether oxygens (including phenoxy) is 1. The molecule has 0 aliphatic carbocycles. The Hall–Kier alpha value is -2.23. The number of rotatable bonds is 11. The van der Waals surface area contributed by atoms with Gasteiger partial charge >= 0.3 is 10.0 Å². The summed E-state index contributed by atoms with van der Waals surface area (Å²) in [7, 11) is -3.54. The fourth-order valence-corrected chi connectivity index (χ4v) is 5.73. The number of aromatic nitrogens is 1. The van der Waals surface area contributed by atoms with Crippen molar-refractivity contribution in [1.29, 1.82) is 0 Å². The summed E-state index contributed by atoms with van der Waals surface area (Å²) in [5.74, 6) is 1.38. The molecule has 0 radical (unpaired) electrons. The Balaban J connectivity index is 1.68. The van der Waals surface area contributed by atoms with Crippen molar-refractivity contribution < 1.29 is 26.6 Å². The van der Waals surface area contributed by atoms with Gasteiger partial charge in [0.15, 0.2) is 0 Å². The van der Waals surface area contributed by atoms with E-state index in [0.29, 0.717) is 40.8 Å². The zero-order valence-corrected chi connectivity index (χ0v) is 22.2. The number of aryl methyl sites for hydroxylation is 2. The van der Waals surface area contributed by atoms with Gasteiger partial charge in [0.2, 0.25) is 11.5 Å². The van der Waals surface area contributed by atoms with E-state index in [9.17, 15) is 13.2 Å². The molecule has 0 unspecified atom stereocenters. The molecule has 0 saturated heterocycles. The number of anilines is 1. The van der Waals surface area contributed by atoms with E-state index in [2.05, 4.69) is 12.2 Å². The summed E-state index contributed by atoms with van der Waals surface area (Å²) in [5.41, 5.74) is 2.77. The molecular formula is C24H30ClN2O5S2+. The molecule has 0 fully saturated rings. The molecule has 0 saturated carbocycles. The van der Waals surface area contributed by atoms with E-state index in [1.165, 1.54) is 6.92 Å². The maximum absolute atomic E-state index is 12.2. The van der Waals surface area contributed by atoms with E-state index in [-0.39, 0.29) is 5.91 Å². The predicted octanol–water partition coefficient (Wildman–Crippen LogP) is 5.22. The zero-order chi connectivity index (χ0) is 24.9. The fourth-order valence-electron chi connectivity index (χ4n) is 3.71. The van der Waals surface area contributed by atoms with E-state index >= 15 is 0 Å². The second kappa shape index (κ2) is 11.5. The smallest absolute Gasteiger partial charge is 0.405 e. The van der Waals surface area contributed by atoms with Crippen LogP contribution in [0, 0.1) is 0 Å². The summed E-state index contributed by atoms with van der Waals surface area (Å²) in [6, 6.07) is 9.24. The minimum Gasteiger partial charge on any atom is -0.493 e. The topological polar surface area (TPSA) is 89.5 Å². The second-order valence-corrected chi connectivity index (χ2v) is 11.3. The SMILES string of the molecule is CCCc1c(OCCCSc2ccc(NC(C)=O)cc2Cl)ccc2c(CC)[n+](S(C)(=O)=O)oc12. The fraction of sp³-hybridized carbons (Fsp3) is 0.417. The number of carbonyl (C=O) groups excluding carboxylic acids is 1. The molecule has 0 aliphatic heterocycles. The number of amides is 1. The molecule has 1 heterocycles. The highest BCUT2D eigenvalue weighted by atomic mass is 35.5. The monoisotopic (exact) mass is 525 g/mol. The molecule has 1 amide bonds. The van der Waals surface area contributed by atoms with Crippen molar-refractivity contribution in [2.75, 3.05) is 23.9 Å². The molecule has 184 valence electrons. The summed E-state index contributed by atoms with van der Waals surface area (Å²) in [6.07, 6.45) is 4.07. The Morgan fingerprint density at radius 3 is 2.62 bits per heavy atom. The minimum atomic E-state index is -3.54. The summed E-state index contributed by atoms with van der Waals surface area (Å²) in [4.78, 5) is 12.1. The zero-order valence-electron chi connectivity index (χ0n) is 19.8. The van der Waals surface area contributed by atoms with Crippen molar-refractivity contribution in [2.45, 2.75) is 51.3 Å². The van der Waals surface area contributed by atoms with Crippen molar-refractivity contribution >= 4 is 55.9 Å². The summed E-state index contributed by atoms with van der Waals surface area (Å²) >= 11 is 7.96. The van der Waals surface area contributed by atoms with Crippen LogP contribution in [0.4, 0.5) is 5.69 Å². The van der Waals surface area contributed by atoms with Gasteiger partial charge in [-0.1, -0.05) is 31.9 Å². The quantitative estimate of drug-likeness (QED) is 0.210. The summed E-state index contributed by atoms with van der Waals surface area (Å²) in [5, 5.41) is 4.11. The van der Waals surface area contributed by atoms with Gasteiger partial charge in [-0.15, -0.1) is 11.8 Å². The van der Waals surface area contributed by atoms with Gasteiger partial charge in [0, 0.05) is 35.2 Å². The van der Waals surface area contributed by atoms with Crippen molar-refractivity contribution in [2.24, 2.45) is 0 Å². The van der Waals surface area contributed by atoms with Gasteiger partial charge < -0.3 is 10.1 Å².